The Balaban J connectivity index is 2.11. The maximum absolute atomic E-state index is 11.9. The van der Waals surface area contributed by atoms with Crippen LogP contribution >= 0.6 is 0 Å². The van der Waals surface area contributed by atoms with Gasteiger partial charge in [0.25, 0.3) is 0 Å². The molecule has 1 fully saturated rings. The monoisotopic (exact) mass is 248 g/mol. The van der Waals surface area contributed by atoms with E-state index in [0.29, 0.717) is 13.2 Å². The Morgan fingerprint density at radius 3 is 2.94 bits per heavy atom. The highest BCUT2D eigenvalue weighted by Crippen LogP contribution is 2.25. The van der Waals surface area contributed by atoms with Gasteiger partial charge in [0.05, 0.1) is 6.54 Å². The first-order chi connectivity index (χ1) is 8.74. The van der Waals surface area contributed by atoms with E-state index in [0.717, 1.165) is 13.0 Å². The molecule has 0 radical (unpaired) electrons. The van der Waals surface area contributed by atoms with Crippen LogP contribution in [0.1, 0.15) is 23.7 Å². The number of benzene rings is 1. The highest BCUT2D eigenvalue weighted by molar-refractivity contribution is 5.81. The summed E-state index contributed by atoms with van der Waals surface area (Å²) in [6.07, 6.45) is 0.877. The van der Waals surface area contributed by atoms with Gasteiger partial charge in [0.15, 0.2) is 0 Å². The van der Waals surface area contributed by atoms with E-state index in [4.69, 9.17) is 4.74 Å². The van der Waals surface area contributed by atoms with Crippen LogP contribution in [-0.4, -0.2) is 37.6 Å². The molecule has 18 heavy (non-hydrogen) atoms. The predicted molar refractivity (Wildman–Crippen MR) is 70.1 cm³/mol. The molecule has 2 rings (SSSR count). The number of aryl methyl sites for hydroxylation is 1. The Morgan fingerprint density at radius 2 is 2.22 bits per heavy atom. The van der Waals surface area contributed by atoms with Gasteiger partial charge < -0.3 is 9.64 Å². The zero-order valence-corrected chi connectivity index (χ0v) is 11.0. The summed E-state index contributed by atoms with van der Waals surface area (Å²) in [5.74, 6) is 0.166. The van der Waals surface area contributed by atoms with E-state index in [2.05, 4.69) is 24.4 Å². The minimum atomic E-state index is 0.00977. The average Bonchev–Trinajstić information content (AvgIpc) is 2.72. The van der Waals surface area contributed by atoms with Crippen molar-refractivity contribution in [3.8, 4) is 0 Å². The largest absolute Gasteiger partial charge is 0.385 e. The Bertz CT molecular complexity index is 420. The minimum Gasteiger partial charge on any atom is -0.385 e. The van der Waals surface area contributed by atoms with Gasteiger partial charge in [-0.15, -0.1) is 0 Å². The topological polar surface area (TPSA) is 41.6 Å². The molecule has 4 heteroatoms. The van der Waals surface area contributed by atoms with Crippen molar-refractivity contribution >= 4 is 5.91 Å². The summed E-state index contributed by atoms with van der Waals surface area (Å²) in [7, 11) is 1.68. The predicted octanol–water partition coefficient (Wildman–Crippen LogP) is 1.46. The van der Waals surface area contributed by atoms with Crippen LogP contribution in [0, 0.1) is 6.92 Å². The lowest BCUT2D eigenvalue weighted by molar-refractivity contribution is -0.128. The van der Waals surface area contributed by atoms with Crippen LogP contribution in [0.5, 0.6) is 0 Å². The number of hydrogen-bond donors (Lipinski definition) is 1. The quantitative estimate of drug-likeness (QED) is 0.802. The van der Waals surface area contributed by atoms with Crippen molar-refractivity contribution in [1.82, 2.24) is 10.2 Å². The Kier molecular flexibility index (Phi) is 4.33. The van der Waals surface area contributed by atoms with E-state index in [-0.39, 0.29) is 12.1 Å². The third-order valence-corrected chi connectivity index (χ3v) is 3.31. The molecule has 0 aliphatic carbocycles. The van der Waals surface area contributed by atoms with Crippen molar-refractivity contribution in [1.29, 1.82) is 0 Å². The van der Waals surface area contributed by atoms with E-state index in [9.17, 15) is 4.79 Å². The second-order valence-corrected chi connectivity index (χ2v) is 4.57. The molecule has 1 atom stereocenters. The summed E-state index contributed by atoms with van der Waals surface area (Å²) in [5, 5.41) is 3.28. The molecule has 1 amide bonds. The number of carbonyl (C=O) groups is 1. The SMILES string of the molecule is COCCCN1C(=O)CNC1c1ccccc1C. The Hall–Kier alpha value is -1.39. The lowest BCUT2D eigenvalue weighted by Crippen LogP contribution is -2.32. The van der Waals surface area contributed by atoms with Gasteiger partial charge >= 0.3 is 0 Å². The van der Waals surface area contributed by atoms with Crippen molar-refractivity contribution < 1.29 is 9.53 Å². The van der Waals surface area contributed by atoms with Gasteiger partial charge in [-0.2, -0.15) is 0 Å². The van der Waals surface area contributed by atoms with Gasteiger partial charge in [-0.05, 0) is 24.5 Å². The lowest BCUT2D eigenvalue weighted by Gasteiger charge is -2.25. The average molecular weight is 248 g/mol. The van der Waals surface area contributed by atoms with Gasteiger partial charge in [0.2, 0.25) is 5.91 Å². The molecule has 1 aliphatic heterocycles. The number of hydrogen-bond acceptors (Lipinski definition) is 3. The van der Waals surface area contributed by atoms with E-state index in [1.54, 1.807) is 7.11 Å². The third kappa shape index (κ3) is 2.71. The van der Waals surface area contributed by atoms with Crippen LogP contribution in [0.25, 0.3) is 0 Å². The Morgan fingerprint density at radius 1 is 1.44 bits per heavy atom. The lowest BCUT2D eigenvalue weighted by atomic mass is 10.1. The van der Waals surface area contributed by atoms with E-state index < -0.39 is 0 Å². The number of nitrogens with one attached hydrogen (secondary N) is 1. The number of methoxy groups -OCH3 is 1. The molecule has 98 valence electrons. The number of ether oxygens (including phenoxy) is 1. The molecular formula is C14H20N2O2. The minimum absolute atomic E-state index is 0.00977. The van der Waals surface area contributed by atoms with Gasteiger partial charge in [0, 0.05) is 20.3 Å². The zero-order valence-electron chi connectivity index (χ0n) is 11.0. The molecule has 0 saturated carbocycles. The van der Waals surface area contributed by atoms with Gasteiger partial charge in [-0.25, -0.2) is 0 Å². The van der Waals surface area contributed by atoms with Crippen molar-refractivity contribution in [3.63, 3.8) is 0 Å². The standard InChI is InChI=1S/C14H20N2O2/c1-11-6-3-4-7-12(11)14-15-10-13(17)16(14)8-5-9-18-2/h3-4,6-7,14-15H,5,8-10H2,1-2H3. The maximum Gasteiger partial charge on any atom is 0.238 e. The number of carbonyl (C=O) groups excluding carboxylic acids is 1. The summed E-state index contributed by atoms with van der Waals surface area (Å²) in [6.45, 7) is 3.92. The fourth-order valence-electron chi connectivity index (χ4n) is 2.34. The molecule has 1 saturated heterocycles. The van der Waals surface area contributed by atoms with Crippen molar-refractivity contribution in [2.24, 2.45) is 0 Å². The Labute approximate surface area is 108 Å². The first-order valence-corrected chi connectivity index (χ1v) is 6.31. The molecule has 0 bridgehead atoms. The maximum atomic E-state index is 11.9. The van der Waals surface area contributed by atoms with Crippen LogP contribution in [-0.2, 0) is 9.53 Å². The highest BCUT2D eigenvalue weighted by atomic mass is 16.5. The second kappa shape index (κ2) is 5.98. The van der Waals surface area contributed by atoms with E-state index >= 15 is 0 Å². The molecule has 0 spiro atoms. The highest BCUT2D eigenvalue weighted by Gasteiger charge is 2.31. The zero-order chi connectivity index (χ0) is 13.0. The van der Waals surface area contributed by atoms with Gasteiger partial charge in [0.1, 0.15) is 6.17 Å². The van der Waals surface area contributed by atoms with Crippen molar-refractivity contribution in [2.75, 3.05) is 26.8 Å². The number of nitrogens with zero attached hydrogens (tertiary/aromatic N) is 1. The molecule has 4 nitrogen and oxygen atoms in total. The van der Waals surface area contributed by atoms with Crippen LogP contribution in [0.2, 0.25) is 0 Å². The first kappa shape index (κ1) is 13.1. The number of rotatable bonds is 5. The first-order valence-electron chi connectivity index (χ1n) is 6.31. The molecule has 1 heterocycles. The fraction of sp³-hybridized carbons (Fsp3) is 0.500. The van der Waals surface area contributed by atoms with Crippen LogP contribution in [0.15, 0.2) is 24.3 Å². The second-order valence-electron chi connectivity index (χ2n) is 4.57. The fourth-order valence-corrected chi connectivity index (χ4v) is 2.34. The molecule has 1 N–H and O–H groups in total. The third-order valence-electron chi connectivity index (χ3n) is 3.31. The van der Waals surface area contributed by atoms with Crippen molar-refractivity contribution in [3.05, 3.63) is 35.4 Å². The summed E-state index contributed by atoms with van der Waals surface area (Å²) in [6, 6.07) is 8.19. The van der Waals surface area contributed by atoms with Gasteiger partial charge in [-0.1, -0.05) is 24.3 Å². The summed E-state index contributed by atoms with van der Waals surface area (Å²) in [5.41, 5.74) is 2.39. The van der Waals surface area contributed by atoms with E-state index in [1.165, 1.54) is 11.1 Å². The van der Waals surface area contributed by atoms with E-state index in [1.807, 2.05) is 17.0 Å². The molecule has 1 unspecified atom stereocenters. The van der Waals surface area contributed by atoms with Crippen LogP contribution in [0.3, 0.4) is 0 Å². The van der Waals surface area contributed by atoms with Crippen molar-refractivity contribution in [2.45, 2.75) is 19.5 Å². The molecule has 1 aromatic rings. The normalized spacial score (nSPS) is 19.6. The molecular weight excluding hydrogens is 228 g/mol. The number of amides is 1. The summed E-state index contributed by atoms with van der Waals surface area (Å²) < 4.78 is 5.04. The molecule has 1 aromatic carbocycles. The molecule has 1 aliphatic rings. The summed E-state index contributed by atoms with van der Waals surface area (Å²) in [4.78, 5) is 13.8. The van der Waals surface area contributed by atoms with Crippen LogP contribution in [0.4, 0.5) is 0 Å². The van der Waals surface area contributed by atoms with Gasteiger partial charge in [-0.3, -0.25) is 10.1 Å². The smallest absolute Gasteiger partial charge is 0.238 e. The van der Waals surface area contributed by atoms with Crippen LogP contribution < -0.4 is 5.32 Å². The summed E-state index contributed by atoms with van der Waals surface area (Å²) >= 11 is 0. The molecule has 0 aromatic heterocycles.